The van der Waals surface area contributed by atoms with Gasteiger partial charge in [0.2, 0.25) is 0 Å². The molecule has 0 saturated heterocycles. The topological polar surface area (TPSA) is 17.1 Å². The van der Waals surface area contributed by atoms with Gasteiger partial charge >= 0.3 is 0 Å². The molecule has 17 heavy (non-hydrogen) atoms. The molecule has 1 aliphatic rings. The SMILES string of the molecule is C=C1C(=O)C=CC(C)(C)C1Cc1ccccc1. The van der Waals surface area contributed by atoms with Gasteiger partial charge in [0.25, 0.3) is 0 Å². The normalized spacial score (nSPS) is 22.8. The summed E-state index contributed by atoms with van der Waals surface area (Å²) in [5.74, 6) is 0.271. The van der Waals surface area contributed by atoms with Crippen LogP contribution < -0.4 is 0 Å². The Hall–Kier alpha value is -1.63. The van der Waals surface area contributed by atoms with Crippen LogP contribution in [0.1, 0.15) is 19.4 Å². The average molecular weight is 226 g/mol. The number of rotatable bonds is 2. The highest BCUT2D eigenvalue weighted by Crippen LogP contribution is 2.39. The average Bonchev–Trinajstić information content (AvgIpc) is 2.32. The molecule has 1 aliphatic carbocycles. The van der Waals surface area contributed by atoms with E-state index in [4.69, 9.17) is 0 Å². The van der Waals surface area contributed by atoms with E-state index in [1.165, 1.54) is 5.56 Å². The lowest BCUT2D eigenvalue weighted by Crippen LogP contribution is -2.31. The molecule has 0 fully saturated rings. The van der Waals surface area contributed by atoms with Crippen LogP contribution in [0.2, 0.25) is 0 Å². The van der Waals surface area contributed by atoms with Gasteiger partial charge in [0.05, 0.1) is 0 Å². The molecular formula is C16H18O. The van der Waals surface area contributed by atoms with Gasteiger partial charge in [-0.15, -0.1) is 0 Å². The van der Waals surface area contributed by atoms with Crippen molar-refractivity contribution < 1.29 is 4.79 Å². The van der Waals surface area contributed by atoms with Crippen LogP contribution in [0.5, 0.6) is 0 Å². The standard InChI is InChI=1S/C16H18O/c1-12-14(11-13-7-5-4-6-8-13)16(2,3)10-9-15(12)17/h4-10,14H,1,11H2,2-3H3. The zero-order valence-corrected chi connectivity index (χ0v) is 10.4. The molecule has 0 amide bonds. The lowest BCUT2D eigenvalue weighted by molar-refractivity contribution is -0.112. The van der Waals surface area contributed by atoms with Gasteiger partial charge in [-0.3, -0.25) is 4.79 Å². The van der Waals surface area contributed by atoms with Gasteiger partial charge in [-0.05, 0) is 35.0 Å². The molecule has 2 rings (SSSR count). The molecular weight excluding hydrogens is 208 g/mol. The summed E-state index contributed by atoms with van der Waals surface area (Å²) in [6.07, 6.45) is 4.55. The van der Waals surface area contributed by atoms with Gasteiger partial charge in [0.1, 0.15) is 0 Å². The Balaban J connectivity index is 2.28. The highest BCUT2D eigenvalue weighted by Gasteiger charge is 2.34. The van der Waals surface area contributed by atoms with Crippen LogP contribution in [0.25, 0.3) is 0 Å². The fraction of sp³-hybridized carbons (Fsp3) is 0.312. The highest BCUT2D eigenvalue weighted by atomic mass is 16.1. The molecule has 1 aromatic rings. The first-order valence-electron chi connectivity index (χ1n) is 5.97. The van der Waals surface area contributed by atoms with Crippen molar-refractivity contribution in [3.8, 4) is 0 Å². The first-order valence-corrected chi connectivity index (χ1v) is 5.97. The van der Waals surface area contributed by atoms with E-state index in [0.29, 0.717) is 0 Å². The quantitative estimate of drug-likeness (QED) is 0.705. The van der Waals surface area contributed by atoms with Gasteiger partial charge in [0, 0.05) is 0 Å². The van der Waals surface area contributed by atoms with Crippen molar-refractivity contribution in [1.82, 2.24) is 0 Å². The van der Waals surface area contributed by atoms with E-state index in [0.717, 1.165) is 12.0 Å². The minimum absolute atomic E-state index is 0.000828. The molecule has 1 nitrogen and oxygen atoms in total. The Morgan fingerprint density at radius 3 is 2.53 bits per heavy atom. The van der Waals surface area contributed by atoms with Gasteiger partial charge in [-0.2, -0.15) is 0 Å². The number of carbonyl (C=O) groups is 1. The Morgan fingerprint density at radius 1 is 1.24 bits per heavy atom. The Bertz CT molecular complexity index is 466. The van der Waals surface area contributed by atoms with Crippen LogP contribution in [-0.4, -0.2) is 5.78 Å². The molecule has 0 spiro atoms. The largest absolute Gasteiger partial charge is 0.290 e. The van der Waals surface area contributed by atoms with Crippen LogP contribution in [0, 0.1) is 11.3 Å². The van der Waals surface area contributed by atoms with Gasteiger partial charge in [-0.1, -0.05) is 56.8 Å². The van der Waals surface area contributed by atoms with E-state index in [9.17, 15) is 4.79 Å². The summed E-state index contributed by atoms with van der Waals surface area (Å²) in [5.41, 5.74) is 2.00. The van der Waals surface area contributed by atoms with Crippen LogP contribution in [-0.2, 0) is 11.2 Å². The number of hydrogen-bond acceptors (Lipinski definition) is 1. The molecule has 0 aromatic heterocycles. The van der Waals surface area contributed by atoms with Crippen molar-refractivity contribution in [2.45, 2.75) is 20.3 Å². The van der Waals surface area contributed by atoms with Crippen molar-refractivity contribution in [3.63, 3.8) is 0 Å². The molecule has 1 heteroatoms. The molecule has 1 aromatic carbocycles. The third-order valence-electron chi connectivity index (χ3n) is 3.58. The van der Waals surface area contributed by atoms with E-state index in [2.05, 4.69) is 32.6 Å². The van der Waals surface area contributed by atoms with E-state index in [-0.39, 0.29) is 17.1 Å². The number of benzene rings is 1. The van der Waals surface area contributed by atoms with Crippen molar-refractivity contribution in [2.24, 2.45) is 11.3 Å². The summed E-state index contributed by atoms with van der Waals surface area (Å²) < 4.78 is 0. The van der Waals surface area contributed by atoms with Gasteiger partial charge < -0.3 is 0 Å². The third kappa shape index (κ3) is 2.38. The van der Waals surface area contributed by atoms with Crippen molar-refractivity contribution in [1.29, 1.82) is 0 Å². The summed E-state index contributed by atoms with van der Waals surface area (Å²) >= 11 is 0. The van der Waals surface area contributed by atoms with Gasteiger partial charge in [0.15, 0.2) is 5.78 Å². The number of hydrogen-bond donors (Lipinski definition) is 0. The number of ketones is 1. The highest BCUT2D eigenvalue weighted by molar-refractivity contribution is 6.05. The maximum Gasteiger partial charge on any atom is 0.181 e. The van der Waals surface area contributed by atoms with Crippen LogP contribution >= 0.6 is 0 Å². The summed E-state index contributed by atoms with van der Waals surface area (Å²) in [5, 5.41) is 0. The molecule has 88 valence electrons. The third-order valence-corrected chi connectivity index (χ3v) is 3.58. The molecule has 0 bridgehead atoms. The molecule has 0 radical (unpaired) electrons. The zero-order valence-electron chi connectivity index (χ0n) is 10.4. The monoisotopic (exact) mass is 226 g/mol. The molecule has 0 saturated carbocycles. The van der Waals surface area contributed by atoms with Crippen molar-refractivity contribution in [2.75, 3.05) is 0 Å². The summed E-state index contributed by atoms with van der Waals surface area (Å²) in [4.78, 5) is 11.7. The van der Waals surface area contributed by atoms with E-state index in [1.54, 1.807) is 6.08 Å². The van der Waals surface area contributed by atoms with Crippen molar-refractivity contribution in [3.05, 3.63) is 60.2 Å². The van der Waals surface area contributed by atoms with Crippen LogP contribution in [0.15, 0.2) is 54.6 Å². The minimum atomic E-state index is 0.000828. The maximum absolute atomic E-state index is 11.7. The van der Waals surface area contributed by atoms with E-state index in [1.807, 2.05) is 24.3 Å². The second kappa shape index (κ2) is 4.33. The van der Waals surface area contributed by atoms with Crippen molar-refractivity contribution >= 4 is 5.78 Å². The lowest BCUT2D eigenvalue weighted by atomic mass is 9.68. The Labute approximate surface area is 103 Å². The summed E-state index contributed by atoms with van der Waals surface area (Å²) in [7, 11) is 0. The first-order chi connectivity index (χ1) is 8.00. The number of allylic oxidation sites excluding steroid dienone is 3. The fourth-order valence-electron chi connectivity index (χ4n) is 2.37. The predicted molar refractivity (Wildman–Crippen MR) is 70.7 cm³/mol. The Morgan fingerprint density at radius 2 is 1.88 bits per heavy atom. The first kappa shape index (κ1) is 11.8. The fourth-order valence-corrected chi connectivity index (χ4v) is 2.37. The van der Waals surface area contributed by atoms with Crippen LogP contribution in [0.3, 0.4) is 0 Å². The molecule has 0 heterocycles. The maximum atomic E-state index is 11.7. The number of carbonyl (C=O) groups excluding carboxylic acids is 1. The Kier molecular flexibility index (Phi) is 3.01. The zero-order chi connectivity index (χ0) is 12.5. The summed E-state index contributed by atoms with van der Waals surface area (Å²) in [6, 6.07) is 10.3. The summed E-state index contributed by atoms with van der Waals surface area (Å²) in [6.45, 7) is 8.29. The van der Waals surface area contributed by atoms with Gasteiger partial charge in [-0.25, -0.2) is 0 Å². The van der Waals surface area contributed by atoms with E-state index < -0.39 is 0 Å². The smallest absolute Gasteiger partial charge is 0.181 e. The van der Waals surface area contributed by atoms with E-state index >= 15 is 0 Å². The second-order valence-corrected chi connectivity index (χ2v) is 5.29. The minimum Gasteiger partial charge on any atom is -0.290 e. The van der Waals surface area contributed by atoms with Crippen LogP contribution in [0.4, 0.5) is 0 Å². The molecule has 0 aliphatic heterocycles. The molecule has 1 atom stereocenters. The predicted octanol–water partition coefficient (Wildman–Crippen LogP) is 3.57. The lowest BCUT2D eigenvalue weighted by Gasteiger charge is -2.35. The molecule has 0 N–H and O–H groups in total. The molecule has 1 unspecified atom stereocenters. The second-order valence-electron chi connectivity index (χ2n) is 5.29.